The SMILES string of the molecule is O=C([C@H]1COc2ccccc2O1)N(Cc1ccsc1)C1CC1. The lowest BCUT2D eigenvalue weighted by molar-refractivity contribution is -0.142. The maximum atomic E-state index is 12.8. The highest BCUT2D eigenvalue weighted by Gasteiger charge is 2.38. The quantitative estimate of drug-likeness (QED) is 0.870. The van der Waals surface area contributed by atoms with Crippen molar-refractivity contribution in [2.24, 2.45) is 0 Å². The number of carbonyl (C=O) groups excluding carboxylic acids is 1. The molecule has 0 saturated heterocycles. The van der Waals surface area contributed by atoms with Crippen molar-refractivity contribution in [2.45, 2.75) is 31.5 Å². The van der Waals surface area contributed by atoms with Gasteiger partial charge in [-0.3, -0.25) is 4.79 Å². The zero-order chi connectivity index (χ0) is 14.9. The molecule has 1 aliphatic carbocycles. The number of benzene rings is 1. The molecule has 1 aromatic carbocycles. The van der Waals surface area contributed by atoms with Gasteiger partial charge in [0.25, 0.3) is 5.91 Å². The smallest absolute Gasteiger partial charge is 0.267 e. The zero-order valence-electron chi connectivity index (χ0n) is 12.1. The topological polar surface area (TPSA) is 38.8 Å². The molecule has 4 nitrogen and oxygen atoms in total. The molecule has 1 amide bonds. The normalized spacial score (nSPS) is 19.7. The van der Waals surface area contributed by atoms with E-state index in [1.165, 1.54) is 5.56 Å². The summed E-state index contributed by atoms with van der Waals surface area (Å²) >= 11 is 1.66. The lowest BCUT2D eigenvalue weighted by Crippen LogP contribution is -2.47. The first-order valence-electron chi connectivity index (χ1n) is 7.51. The molecule has 0 radical (unpaired) electrons. The second-order valence-electron chi connectivity index (χ2n) is 5.69. The average molecular weight is 315 g/mol. The Labute approximate surface area is 133 Å². The number of para-hydroxylation sites is 2. The summed E-state index contributed by atoms with van der Waals surface area (Å²) in [7, 11) is 0. The van der Waals surface area contributed by atoms with Crippen molar-refractivity contribution in [3.8, 4) is 11.5 Å². The summed E-state index contributed by atoms with van der Waals surface area (Å²) in [6, 6.07) is 9.92. The molecule has 22 heavy (non-hydrogen) atoms. The Kier molecular flexibility index (Phi) is 3.50. The van der Waals surface area contributed by atoms with E-state index in [2.05, 4.69) is 11.4 Å². The molecular weight excluding hydrogens is 298 g/mol. The Balaban J connectivity index is 1.50. The molecule has 114 valence electrons. The highest BCUT2D eigenvalue weighted by Crippen LogP contribution is 2.34. The van der Waals surface area contributed by atoms with E-state index in [0.29, 0.717) is 24.1 Å². The summed E-state index contributed by atoms with van der Waals surface area (Å²) < 4.78 is 11.5. The fourth-order valence-corrected chi connectivity index (χ4v) is 3.34. The van der Waals surface area contributed by atoms with Gasteiger partial charge < -0.3 is 14.4 Å². The fraction of sp³-hybridized carbons (Fsp3) is 0.353. The molecule has 0 bridgehead atoms. The van der Waals surface area contributed by atoms with Crippen LogP contribution in [0.4, 0.5) is 0 Å². The van der Waals surface area contributed by atoms with E-state index in [4.69, 9.17) is 9.47 Å². The first-order chi connectivity index (χ1) is 10.8. The van der Waals surface area contributed by atoms with Crippen LogP contribution in [0.25, 0.3) is 0 Å². The van der Waals surface area contributed by atoms with E-state index in [9.17, 15) is 4.79 Å². The molecule has 1 fully saturated rings. The standard InChI is InChI=1S/C17H17NO3S/c19-17(16-10-20-14-3-1-2-4-15(14)21-16)18(13-5-6-13)9-12-7-8-22-11-12/h1-4,7-8,11,13,16H,5-6,9-10H2/t16-/m1/s1. The molecule has 1 saturated carbocycles. The van der Waals surface area contributed by atoms with Crippen LogP contribution < -0.4 is 9.47 Å². The Bertz CT molecular complexity index is 666. The van der Waals surface area contributed by atoms with Crippen LogP contribution in [0.15, 0.2) is 41.1 Å². The maximum absolute atomic E-state index is 12.8. The van der Waals surface area contributed by atoms with Gasteiger partial charge in [-0.2, -0.15) is 11.3 Å². The number of nitrogens with zero attached hydrogens (tertiary/aromatic N) is 1. The molecular formula is C17H17NO3S. The number of fused-ring (bicyclic) bond motifs is 1. The number of rotatable bonds is 4. The van der Waals surface area contributed by atoms with Crippen LogP contribution in [0, 0.1) is 0 Å². The largest absolute Gasteiger partial charge is 0.485 e. The summed E-state index contributed by atoms with van der Waals surface area (Å²) in [6.07, 6.45) is 1.62. The predicted molar refractivity (Wildman–Crippen MR) is 84.2 cm³/mol. The lowest BCUT2D eigenvalue weighted by atomic mass is 10.2. The monoisotopic (exact) mass is 315 g/mol. The van der Waals surface area contributed by atoms with E-state index < -0.39 is 6.10 Å². The van der Waals surface area contributed by atoms with Crippen LogP contribution in [0.3, 0.4) is 0 Å². The number of carbonyl (C=O) groups is 1. The average Bonchev–Trinajstić information content (AvgIpc) is 3.27. The number of hydrogen-bond acceptors (Lipinski definition) is 4. The van der Waals surface area contributed by atoms with Crippen LogP contribution in [-0.4, -0.2) is 29.6 Å². The molecule has 2 aromatic rings. The number of amides is 1. The summed E-state index contributed by atoms with van der Waals surface area (Å²) in [5.74, 6) is 1.39. The molecule has 2 aliphatic rings. The Morgan fingerprint density at radius 1 is 1.23 bits per heavy atom. The third kappa shape index (κ3) is 2.68. The van der Waals surface area contributed by atoms with Crippen molar-refractivity contribution >= 4 is 17.2 Å². The van der Waals surface area contributed by atoms with E-state index in [0.717, 1.165) is 12.8 Å². The molecule has 1 aliphatic heterocycles. The van der Waals surface area contributed by atoms with Gasteiger partial charge in [-0.1, -0.05) is 12.1 Å². The molecule has 5 heteroatoms. The second kappa shape index (κ2) is 5.65. The van der Waals surface area contributed by atoms with Gasteiger partial charge in [0, 0.05) is 12.6 Å². The van der Waals surface area contributed by atoms with Gasteiger partial charge in [0.05, 0.1) is 0 Å². The van der Waals surface area contributed by atoms with Gasteiger partial charge in [-0.05, 0) is 47.4 Å². The summed E-state index contributed by atoms with van der Waals surface area (Å²) in [6.45, 7) is 0.942. The van der Waals surface area contributed by atoms with Gasteiger partial charge in [0.2, 0.25) is 6.10 Å². The van der Waals surface area contributed by atoms with E-state index in [1.807, 2.05) is 34.5 Å². The molecule has 0 N–H and O–H groups in total. The maximum Gasteiger partial charge on any atom is 0.267 e. The minimum atomic E-state index is -0.547. The zero-order valence-corrected chi connectivity index (χ0v) is 12.9. The Morgan fingerprint density at radius 2 is 2.05 bits per heavy atom. The first kappa shape index (κ1) is 13.6. The third-order valence-corrected chi connectivity index (χ3v) is 4.72. The first-order valence-corrected chi connectivity index (χ1v) is 8.45. The predicted octanol–water partition coefficient (Wildman–Crippen LogP) is 3.08. The van der Waals surface area contributed by atoms with Crippen LogP contribution >= 0.6 is 11.3 Å². The Morgan fingerprint density at radius 3 is 2.77 bits per heavy atom. The molecule has 0 unspecified atom stereocenters. The van der Waals surface area contributed by atoms with E-state index >= 15 is 0 Å². The highest BCUT2D eigenvalue weighted by atomic mass is 32.1. The second-order valence-corrected chi connectivity index (χ2v) is 6.47. The minimum Gasteiger partial charge on any atom is -0.485 e. The third-order valence-electron chi connectivity index (χ3n) is 3.99. The van der Waals surface area contributed by atoms with Crippen LogP contribution in [-0.2, 0) is 11.3 Å². The lowest BCUT2D eigenvalue weighted by Gasteiger charge is -2.30. The van der Waals surface area contributed by atoms with Gasteiger partial charge in [0.15, 0.2) is 11.5 Å². The molecule has 4 rings (SSSR count). The van der Waals surface area contributed by atoms with E-state index in [-0.39, 0.29) is 12.5 Å². The Hall–Kier alpha value is -2.01. The molecule has 1 aromatic heterocycles. The van der Waals surface area contributed by atoms with Crippen LogP contribution in [0.2, 0.25) is 0 Å². The summed E-state index contributed by atoms with van der Waals surface area (Å²) in [5, 5.41) is 4.14. The van der Waals surface area contributed by atoms with E-state index in [1.54, 1.807) is 11.3 Å². The number of hydrogen-bond donors (Lipinski definition) is 0. The van der Waals surface area contributed by atoms with Gasteiger partial charge in [-0.15, -0.1) is 0 Å². The van der Waals surface area contributed by atoms with Crippen LogP contribution in [0.1, 0.15) is 18.4 Å². The van der Waals surface area contributed by atoms with Crippen molar-refractivity contribution < 1.29 is 14.3 Å². The molecule has 2 heterocycles. The van der Waals surface area contributed by atoms with Crippen molar-refractivity contribution in [1.29, 1.82) is 0 Å². The minimum absolute atomic E-state index is 0.0307. The molecule has 0 spiro atoms. The summed E-state index contributed by atoms with van der Waals surface area (Å²) in [4.78, 5) is 14.8. The summed E-state index contributed by atoms with van der Waals surface area (Å²) in [5.41, 5.74) is 1.18. The van der Waals surface area contributed by atoms with Crippen LogP contribution in [0.5, 0.6) is 11.5 Å². The fourth-order valence-electron chi connectivity index (χ4n) is 2.68. The van der Waals surface area contributed by atoms with Gasteiger partial charge in [-0.25, -0.2) is 0 Å². The van der Waals surface area contributed by atoms with Crippen molar-refractivity contribution in [1.82, 2.24) is 4.90 Å². The number of thiophene rings is 1. The van der Waals surface area contributed by atoms with Gasteiger partial charge in [0.1, 0.15) is 6.61 Å². The van der Waals surface area contributed by atoms with Crippen molar-refractivity contribution in [2.75, 3.05) is 6.61 Å². The highest BCUT2D eigenvalue weighted by molar-refractivity contribution is 7.07. The van der Waals surface area contributed by atoms with Crippen molar-refractivity contribution in [3.05, 3.63) is 46.7 Å². The van der Waals surface area contributed by atoms with Crippen molar-refractivity contribution in [3.63, 3.8) is 0 Å². The number of ether oxygens (including phenoxy) is 2. The van der Waals surface area contributed by atoms with Gasteiger partial charge >= 0.3 is 0 Å². The molecule has 1 atom stereocenters.